The molecule has 4 heterocycles. The van der Waals surface area contributed by atoms with Crippen molar-refractivity contribution >= 4 is 46.5 Å². The van der Waals surface area contributed by atoms with E-state index in [2.05, 4.69) is 20.4 Å². The molecule has 0 radical (unpaired) electrons. The Hall–Kier alpha value is -4.88. The highest BCUT2D eigenvalue weighted by molar-refractivity contribution is 6.34. The molecule has 49 heavy (non-hydrogen) atoms. The van der Waals surface area contributed by atoms with Crippen LogP contribution in [0.5, 0.6) is 0 Å². The van der Waals surface area contributed by atoms with Crippen LogP contribution < -0.4 is 16.8 Å². The van der Waals surface area contributed by atoms with Crippen LogP contribution >= 0.6 is 11.6 Å². The third kappa shape index (κ3) is 6.99. The molecule has 1 saturated carbocycles. The predicted molar refractivity (Wildman–Crippen MR) is 163 cm³/mol. The fraction of sp³-hybridized carbons (Fsp3) is 0.379. The Kier molecular flexibility index (Phi) is 9.16. The number of benzene rings is 1. The van der Waals surface area contributed by atoms with Gasteiger partial charge in [0, 0.05) is 49.5 Å². The van der Waals surface area contributed by atoms with Crippen LogP contribution in [0.2, 0.25) is 5.02 Å². The Bertz CT molecular complexity index is 1910. The lowest BCUT2D eigenvalue weighted by molar-refractivity contribution is -0.174. The first-order valence-electron chi connectivity index (χ1n) is 14.8. The number of carbonyl (C=O) groups is 3. The average Bonchev–Trinajstić information content (AvgIpc) is 3.64. The van der Waals surface area contributed by atoms with E-state index in [1.807, 2.05) is 4.90 Å². The number of piperazine rings is 1. The molecule has 2 amide bonds. The molecule has 1 atom stereocenters. The zero-order valence-electron chi connectivity index (χ0n) is 25.3. The van der Waals surface area contributed by atoms with E-state index < -0.39 is 54.4 Å². The highest BCUT2D eigenvalue weighted by Crippen LogP contribution is 2.37. The molecule has 14 nitrogen and oxygen atoms in total. The lowest BCUT2D eigenvalue weighted by Gasteiger charge is -2.48. The number of rotatable bonds is 8. The number of imidazole rings is 1. The molecule has 2 fully saturated rings. The number of hydrogen-bond acceptors (Lipinski definition) is 10. The molecule has 1 saturated heterocycles. The maximum absolute atomic E-state index is 13.8. The van der Waals surface area contributed by atoms with Crippen LogP contribution in [0.3, 0.4) is 0 Å². The normalized spacial score (nSPS) is 20.0. The van der Waals surface area contributed by atoms with Gasteiger partial charge in [-0.3, -0.25) is 23.6 Å². The molecule has 2 aliphatic rings. The number of nitrogens with one attached hydrogen (secondary N) is 1. The van der Waals surface area contributed by atoms with Gasteiger partial charge in [0.25, 0.3) is 12.3 Å². The van der Waals surface area contributed by atoms with Crippen LogP contribution in [0.4, 0.5) is 33.5 Å². The van der Waals surface area contributed by atoms with Gasteiger partial charge in [-0.2, -0.15) is 18.3 Å². The van der Waals surface area contributed by atoms with E-state index in [4.69, 9.17) is 27.8 Å². The largest absolute Gasteiger partial charge is 0.437 e. The summed E-state index contributed by atoms with van der Waals surface area (Å²) in [6.45, 7) is -0.457. The Labute approximate surface area is 278 Å². The minimum Gasteiger partial charge on any atom is -0.437 e. The van der Waals surface area contributed by atoms with Crippen molar-refractivity contribution in [3.8, 4) is 11.3 Å². The van der Waals surface area contributed by atoms with Crippen LogP contribution in [0, 0.1) is 0 Å². The number of halogens is 6. The number of carbonyl (C=O) groups excluding carboxylic acids is 3. The van der Waals surface area contributed by atoms with Crippen LogP contribution in [0.25, 0.3) is 16.9 Å². The first-order chi connectivity index (χ1) is 23.2. The minimum absolute atomic E-state index is 0.00761. The molecular formula is C29H28ClF5N10O4. The molecule has 260 valence electrons. The minimum atomic E-state index is -4.93. The maximum atomic E-state index is 13.8. The summed E-state index contributed by atoms with van der Waals surface area (Å²) in [5, 5.41) is 6.36. The molecule has 4 aromatic rings. The number of nitrogens with zero attached hydrogens (tertiary/aromatic N) is 7. The summed E-state index contributed by atoms with van der Waals surface area (Å²) in [4.78, 5) is 48.7. The van der Waals surface area contributed by atoms with Gasteiger partial charge in [0.05, 0.1) is 34.6 Å². The zero-order chi connectivity index (χ0) is 35.2. The Balaban J connectivity index is 1.21. The van der Waals surface area contributed by atoms with Gasteiger partial charge in [0.1, 0.15) is 6.54 Å². The number of nitrogens with two attached hydrogens (primary N) is 2. The van der Waals surface area contributed by atoms with E-state index in [0.29, 0.717) is 29.8 Å². The summed E-state index contributed by atoms with van der Waals surface area (Å²) < 4.78 is 74.3. The van der Waals surface area contributed by atoms with Crippen molar-refractivity contribution in [2.45, 2.75) is 50.3 Å². The second-order valence-corrected chi connectivity index (χ2v) is 11.9. The molecule has 1 unspecified atom stereocenters. The number of ether oxygens (including phenoxy) is 1. The van der Waals surface area contributed by atoms with Gasteiger partial charge in [-0.1, -0.05) is 11.6 Å². The van der Waals surface area contributed by atoms with E-state index in [1.54, 1.807) is 0 Å². The highest BCUT2D eigenvalue weighted by atomic mass is 35.5. The topological polar surface area (TPSA) is 179 Å². The zero-order valence-corrected chi connectivity index (χ0v) is 26.0. The fourth-order valence-electron chi connectivity index (χ4n) is 5.89. The van der Waals surface area contributed by atoms with Crippen molar-refractivity contribution in [1.82, 2.24) is 33.9 Å². The van der Waals surface area contributed by atoms with Gasteiger partial charge in [0.15, 0.2) is 23.4 Å². The SMILES string of the molecule is NC(=O)C(=O)OC1CN(C(=O)c2ccc(Nc3nccn4c(-c5cn(CC(F)F)nc5C(F)(F)F)cnc34)cc2Cl)CCN1C1CC(N)C1. The molecule has 6 rings (SSSR count). The van der Waals surface area contributed by atoms with Crippen molar-refractivity contribution in [2.24, 2.45) is 11.5 Å². The lowest BCUT2D eigenvalue weighted by atomic mass is 9.85. The molecule has 1 aliphatic heterocycles. The first-order valence-corrected chi connectivity index (χ1v) is 15.2. The average molecular weight is 711 g/mol. The van der Waals surface area contributed by atoms with Gasteiger partial charge in [-0.05, 0) is 31.0 Å². The number of amides is 2. The molecule has 1 aromatic carbocycles. The van der Waals surface area contributed by atoms with E-state index in [1.165, 1.54) is 39.9 Å². The number of aromatic nitrogens is 5. The van der Waals surface area contributed by atoms with E-state index in [-0.39, 0.29) is 52.9 Å². The maximum Gasteiger partial charge on any atom is 0.435 e. The number of primary amides is 1. The van der Waals surface area contributed by atoms with Crippen molar-refractivity contribution in [2.75, 3.05) is 25.0 Å². The summed E-state index contributed by atoms with van der Waals surface area (Å²) in [7, 11) is 0. The third-order valence-corrected chi connectivity index (χ3v) is 8.56. The monoisotopic (exact) mass is 710 g/mol. The summed E-state index contributed by atoms with van der Waals surface area (Å²) in [6.07, 6.45) is -2.75. The molecule has 3 aromatic heterocycles. The van der Waals surface area contributed by atoms with Gasteiger partial charge in [0.2, 0.25) is 0 Å². The summed E-state index contributed by atoms with van der Waals surface area (Å²) in [5.74, 6) is -2.84. The Morgan fingerprint density at radius 2 is 1.90 bits per heavy atom. The number of esters is 1. The van der Waals surface area contributed by atoms with Crippen LogP contribution in [0.1, 0.15) is 28.9 Å². The Morgan fingerprint density at radius 1 is 1.14 bits per heavy atom. The number of fused-ring (bicyclic) bond motifs is 1. The van der Waals surface area contributed by atoms with Gasteiger partial charge in [-0.15, -0.1) is 0 Å². The lowest BCUT2D eigenvalue weighted by Crippen LogP contribution is -2.63. The smallest absolute Gasteiger partial charge is 0.435 e. The van der Waals surface area contributed by atoms with Crippen LogP contribution in [0.15, 0.2) is 43.0 Å². The summed E-state index contributed by atoms with van der Waals surface area (Å²) in [6, 6.07) is 4.45. The van der Waals surface area contributed by atoms with Crippen molar-refractivity contribution in [3.05, 3.63) is 59.3 Å². The quantitative estimate of drug-likeness (QED) is 0.140. The number of alkyl halides is 5. The molecular weight excluding hydrogens is 683 g/mol. The van der Waals surface area contributed by atoms with E-state index in [0.717, 1.165) is 12.4 Å². The first kappa shape index (κ1) is 34.0. The molecule has 5 N–H and O–H groups in total. The predicted octanol–water partition coefficient (Wildman–Crippen LogP) is 2.88. The van der Waals surface area contributed by atoms with Crippen LogP contribution in [-0.2, 0) is 27.0 Å². The van der Waals surface area contributed by atoms with Crippen LogP contribution in [-0.4, -0.2) is 96.1 Å². The number of hydrogen-bond donors (Lipinski definition) is 3. The highest BCUT2D eigenvalue weighted by Gasteiger charge is 2.42. The fourth-order valence-corrected chi connectivity index (χ4v) is 6.15. The van der Waals surface area contributed by atoms with Crippen molar-refractivity contribution in [3.63, 3.8) is 0 Å². The summed E-state index contributed by atoms with van der Waals surface area (Å²) in [5.41, 5.74) is 9.72. The molecule has 1 aliphatic carbocycles. The van der Waals surface area contributed by atoms with E-state index in [9.17, 15) is 36.3 Å². The van der Waals surface area contributed by atoms with Gasteiger partial charge < -0.3 is 26.4 Å². The second kappa shape index (κ2) is 13.2. The molecule has 0 spiro atoms. The van der Waals surface area contributed by atoms with Crippen molar-refractivity contribution < 1.29 is 41.1 Å². The Morgan fingerprint density at radius 3 is 2.55 bits per heavy atom. The molecule has 20 heteroatoms. The number of anilines is 2. The summed E-state index contributed by atoms with van der Waals surface area (Å²) >= 11 is 6.53. The second-order valence-electron chi connectivity index (χ2n) is 11.5. The van der Waals surface area contributed by atoms with Gasteiger partial charge >= 0.3 is 18.1 Å². The van der Waals surface area contributed by atoms with Crippen molar-refractivity contribution in [1.29, 1.82) is 0 Å². The standard InChI is InChI=1S/C29H28ClF5N10O4/c30-19-9-15(1-2-17(19)27(47)42-5-6-44(16-7-14(36)8-16)22(13-42)49-28(48)24(37)46)40-25-26-39-10-20(45(26)4-3-38-25)18-11-43(12-21(31)32)41-23(18)29(33,34)35/h1-4,9-11,14,16,21-22H,5-8,12-13,36H2,(H2,37,46)(H,38,40). The van der Waals surface area contributed by atoms with Gasteiger partial charge in [-0.25, -0.2) is 23.5 Å². The third-order valence-electron chi connectivity index (χ3n) is 8.25. The molecule has 0 bridgehead atoms. The van der Waals surface area contributed by atoms with E-state index >= 15 is 0 Å².